The van der Waals surface area contributed by atoms with Gasteiger partial charge in [0.25, 0.3) is 0 Å². The van der Waals surface area contributed by atoms with E-state index in [1.807, 2.05) is 0 Å². The van der Waals surface area contributed by atoms with Crippen LogP contribution >= 0.6 is 0 Å². The minimum atomic E-state index is -1.44. The average Bonchev–Trinajstić information content (AvgIpc) is 2.30. The van der Waals surface area contributed by atoms with Gasteiger partial charge in [0.2, 0.25) is 0 Å². The standard InChI is InChI=1S/C10H18O7/c1-4-5(12)2-7(10(15)16)17-9(4)8(14)6(13)3-11/h4-9,11-14H,2-3H2,1H3,(H,15,16)/t4-,5?,6-,7?,8-,9-/m1/s1. The summed E-state index contributed by atoms with van der Waals surface area (Å²) in [6.07, 6.45) is -6.10. The lowest BCUT2D eigenvalue weighted by Crippen LogP contribution is -2.54. The second kappa shape index (κ2) is 5.74. The number of carboxylic acids is 1. The Morgan fingerprint density at radius 2 is 2.06 bits per heavy atom. The minimum Gasteiger partial charge on any atom is -0.479 e. The first-order valence-electron chi connectivity index (χ1n) is 5.41. The third kappa shape index (κ3) is 3.14. The van der Waals surface area contributed by atoms with Crippen molar-refractivity contribution in [3.05, 3.63) is 0 Å². The Kier molecular flexibility index (Phi) is 4.84. The lowest BCUT2D eigenvalue weighted by molar-refractivity contribution is -0.202. The second-order valence-corrected chi connectivity index (χ2v) is 4.33. The Morgan fingerprint density at radius 1 is 1.47 bits per heavy atom. The van der Waals surface area contributed by atoms with Crippen LogP contribution in [-0.4, -0.2) is 68.6 Å². The monoisotopic (exact) mass is 250 g/mol. The molecule has 0 aromatic rings. The summed E-state index contributed by atoms with van der Waals surface area (Å²) in [4.78, 5) is 10.8. The van der Waals surface area contributed by atoms with Crippen molar-refractivity contribution in [2.24, 2.45) is 5.92 Å². The number of aliphatic hydroxyl groups is 4. The van der Waals surface area contributed by atoms with Gasteiger partial charge in [0.1, 0.15) is 12.2 Å². The lowest BCUT2D eigenvalue weighted by atomic mass is 9.86. The van der Waals surface area contributed by atoms with E-state index in [-0.39, 0.29) is 6.42 Å². The maximum atomic E-state index is 10.8. The van der Waals surface area contributed by atoms with Crippen LogP contribution in [-0.2, 0) is 9.53 Å². The molecular formula is C10H18O7. The summed E-state index contributed by atoms with van der Waals surface area (Å²) in [6.45, 7) is 0.919. The van der Waals surface area contributed by atoms with E-state index >= 15 is 0 Å². The molecular weight excluding hydrogens is 232 g/mol. The fourth-order valence-electron chi connectivity index (χ4n) is 1.90. The van der Waals surface area contributed by atoms with Gasteiger partial charge in [-0.05, 0) is 0 Å². The Bertz CT molecular complexity index is 269. The van der Waals surface area contributed by atoms with Crippen LogP contribution in [0.25, 0.3) is 0 Å². The number of hydrogen-bond acceptors (Lipinski definition) is 6. The van der Waals surface area contributed by atoms with Crippen LogP contribution in [0.3, 0.4) is 0 Å². The molecule has 5 N–H and O–H groups in total. The lowest BCUT2D eigenvalue weighted by Gasteiger charge is -2.39. The van der Waals surface area contributed by atoms with E-state index in [1.165, 1.54) is 0 Å². The predicted molar refractivity (Wildman–Crippen MR) is 55.2 cm³/mol. The van der Waals surface area contributed by atoms with Crippen molar-refractivity contribution in [1.29, 1.82) is 0 Å². The van der Waals surface area contributed by atoms with Gasteiger partial charge in [0, 0.05) is 12.3 Å². The Balaban J connectivity index is 2.77. The minimum absolute atomic E-state index is 0.0606. The van der Waals surface area contributed by atoms with E-state index in [0.717, 1.165) is 0 Å². The summed E-state index contributed by atoms with van der Waals surface area (Å²) in [7, 11) is 0. The van der Waals surface area contributed by atoms with Gasteiger partial charge in [-0.25, -0.2) is 4.79 Å². The molecule has 1 aliphatic rings. The highest BCUT2D eigenvalue weighted by Crippen LogP contribution is 2.28. The van der Waals surface area contributed by atoms with Crippen molar-refractivity contribution < 1.29 is 35.1 Å². The van der Waals surface area contributed by atoms with Crippen molar-refractivity contribution >= 4 is 5.97 Å². The Morgan fingerprint density at radius 3 is 2.53 bits per heavy atom. The highest BCUT2D eigenvalue weighted by Gasteiger charge is 2.43. The molecule has 1 heterocycles. The van der Waals surface area contributed by atoms with E-state index in [2.05, 4.69) is 0 Å². The predicted octanol–water partition coefficient (Wildman–Crippen LogP) is -2.06. The topological polar surface area (TPSA) is 127 Å². The highest BCUT2D eigenvalue weighted by molar-refractivity contribution is 5.72. The molecule has 7 heteroatoms. The molecule has 0 aromatic heterocycles. The van der Waals surface area contributed by atoms with Crippen molar-refractivity contribution in [2.45, 2.75) is 43.9 Å². The Hall–Kier alpha value is -0.730. The van der Waals surface area contributed by atoms with Gasteiger partial charge in [-0.2, -0.15) is 0 Å². The van der Waals surface area contributed by atoms with Crippen LogP contribution in [0.1, 0.15) is 13.3 Å². The van der Waals surface area contributed by atoms with E-state index in [9.17, 15) is 20.1 Å². The van der Waals surface area contributed by atoms with Crippen LogP contribution < -0.4 is 0 Å². The Labute approximate surface area is 98.3 Å². The molecule has 17 heavy (non-hydrogen) atoms. The van der Waals surface area contributed by atoms with Gasteiger partial charge < -0.3 is 30.3 Å². The first-order chi connectivity index (χ1) is 7.88. The zero-order chi connectivity index (χ0) is 13.2. The van der Waals surface area contributed by atoms with Crippen LogP contribution in [0.4, 0.5) is 0 Å². The third-order valence-corrected chi connectivity index (χ3v) is 3.10. The zero-order valence-corrected chi connectivity index (χ0v) is 9.43. The van der Waals surface area contributed by atoms with Gasteiger partial charge in [-0.1, -0.05) is 6.92 Å². The molecule has 0 aliphatic carbocycles. The largest absolute Gasteiger partial charge is 0.479 e. The van der Waals surface area contributed by atoms with Gasteiger partial charge in [-0.15, -0.1) is 0 Å². The number of hydrogen-bond donors (Lipinski definition) is 5. The van der Waals surface area contributed by atoms with Crippen LogP contribution in [0.5, 0.6) is 0 Å². The number of aliphatic carboxylic acids is 1. The highest BCUT2D eigenvalue weighted by atomic mass is 16.5. The molecule has 1 fully saturated rings. The molecule has 100 valence electrons. The molecule has 0 aromatic carbocycles. The molecule has 0 saturated carbocycles. The quantitative estimate of drug-likeness (QED) is 0.388. The summed E-state index contributed by atoms with van der Waals surface area (Å²) < 4.78 is 5.13. The molecule has 0 amide bonds. The number of carbonyl (C=O) groups is 1. The van der Waals surface area contributed by atoms with Crippen molar-refractivity contribution in [2.75, 3.05) is 6.61 Å². The summed E-state index contributed by atoms with van der Waals surface area (Å²) in [5.74, 6) is -1.76. The third-order valence-electron chi connectivity index (χ3n) is 3.10. The number of ether oxygens (including phenoxy) is 1. The molecule has 0 radical (unpaired) electrons. The van der Waals surface area contributed by atoms with Gasteiger partial charge in [-0.3, -0.25) is 0 Å². The first-order valence-corrected chi connectivity index (χ1v) is 5.41. The molecule has 2 unspecified atom stereocenters. The number of rotatable bonds is 4. The zero-order valence-electron chi connectivity index (χ0n) is 9.43. The molecule has 6 atom stereocenters. The van der Waals surface area contributed by atoms with Crippen molar-refractivity contribution in [1.82, 2.24) is 0 Å². The molecule has 1 aliphatic heterocycles. The maximum Gasteiger partial charge on any atom is 0.332 e. The normalized spacial score (nSPS) is 37.5. The van der Waals surface area contributed by atoms with Crippen LogP contribution in [0.2, 0.25) is 0 Å². The maximum absolute atomic E-state index is 10.8. The van der Waals surface area contributed by atoms with E-state index < -0.39 is 49.0 Å². The molecule has 1 rings (SSSR count). The first kappa shape index (κ1) is 14.3. The smallest absolute Gasteiger partial charge is 0.332 e. The number of carboxylic acid groups (broad SMARTS) is 1. The number of aliphatic hydroxyl groups excluding tert-OH is 4. The summed E-state index contributed by atoms with van der Waals surface area (Å²) >= 11 is 0. The molecule has 7 nitrogen and oxygen atoms in total. The molecule has 1 saturated heterocycles. The van der Waals surface area contributed by atoms with Gasteiger partial charge in [0.05, 0.1) is 18.8 Å². The van der Waals surface area contributed by atoms with Crippen molar-refractivity contribution in [3.8, 4) is 0 Å². The SMILES string of the molecule is C[C@@H]1C(O)CC(C(=O)O)O[C@H]1[C@H](O)[C@H](O)CO. The van der Waals surface area contributed by atoms with Crippen LogP contribution in [0, 0.1) is 5.92 Å². The van der Waals surface area contributed by atoms with Gasteiger partial charge in [0.15, 0.2) is 6.10 Å². The summed E-state index contributed by atoms with van der Waals surface area (Å²) in [5, 5.41) is 46.2. The van der Waals surface area contributed by atoms with Crippen molar-refractivity contribution in [3.63, 3.8) is 0 Å². The van der Waals surface area contributed by atoms with E-state index in [4.69, 9.17) is 14.9 Å². The van der Waals surface area contributed by atoms with Crippen LogP contribution in [0.15, 0.2) is 0 Å². The fraction of sp³-hybridized carbons (Fsp3) is 0.900. The fourth-order valence-corrected chi connectivity index (χ4v) is 1.90. The molecule has 0 bridgehead atoms. The summed E-state index contributed by atoms with van der Waals surface area (Å²) in [5.41, 5.74) is 0. The average molecular weight is 250 g/mol. The van der Waals surface area contributed by atoms with Gasteiger partial charge >= 0.3 is 5.97 Å². The summed E-state index contributed by atoms with van der Waals surface area (Å²) in [6, 6.07) is 0. The second-order valence-electron chi connectivity index (χ2n) is 4.33. The molecule has 0 spiro atoms. The van der Waals surface area contributed by atoms with E-state index in [1.54, 1.807) is 6.92 Å². The van der Waals surface area contributed by atoms with E-state index in [0.29, 0.717) is 0 Å².